The Kier molecular flexibility index (Phi) is 7.01. The fraction of sp³-hybridized carbons (Fsp3) is 0.867. The third-order valence-corrected chi connectivity index (χ3v) is 6.56. The molecule has 2 atom stereocenters. The number of hydrogen-bond donors (Lipinski definition) is 3. The Labute approximate surface area is 138 Å². The molecule has 0 saturated heterocycles. The van der Waals surface area contributed by atoms with Gasteiger partial charge in [0.05, 0.1) is 5.41 Å². The Hall–Kier alpha value is -1.15. The molecule has 0 aliphatic heterocycles. The van der Waals surface area contributed by atoms with E-state index in [2.05, 4.69) is 0 Å². The van der Waals surface area contributed by atoms with Crippen LogP contribution in [0.2, 0.25) is 0 Å². The van der Waals surface area contributed by atoms with Crippen LogP contribution in [-0.4, -0.2) is 56.7 Å². The Morgan fingerprint density at radius 1 is 1.30 bits per heavy atom. The van der Waals surface area contributed by atoms with Gasteiger partial charge in [0.1, 0.15) is 6.04 Å². The summed E-state index contributed by atoms with van der Waals surface area (Å²) in [6.07, 6.45) is 3.01. The molecule has 7 nitrogen and oxygen atoms in total. The van der Waals surface area contributed by atoms with E-state index in [1.54, 1.807) is 4.90 Å². The highest BCUT2D eigenvalue weighted by Gasteiger charge is 2.45. The molecule has 0 bridgehead atoms. The third kappa shape index (κ3) is 5.17. The minimum Gasteiger partial charge on any atom is -0.480 e. The standard InChI is InChI=1S/C15H29N3O4S/c1-3-18(4-2)14(21)15(7-5-8-15)9-11-23(17,22)10-6-12(16)13(19)20/h12,17H,3-11,16H2,1-2H3,(H,19,20)/t12-,23?/m0/s1. The number of aliphatic carboxylic acids is 1. The van der Waals surface area contributed by atoms with Crippen LogP contribution in [-0.2, 0) is 19.3 Å². The lowest BCUT2D eigenvalue weighted by Gasteiger charge is -2.43. The number of carboxylic acids is 1. The predicted octanol–water partition coefficient (Wildman–Crippen LogP) is 1.26. The van der Waals surface area contributed by atoms with Gasteiger partial charge in [-0.3, -0.25) is 14.4 Å². The van der Waals surface area contributed by atoms with Gasteiger partial charge in [-0.05, 0) is 39.5 Å². The van der Waals surface area contributed by atoms with Crippen molar-refractivity contribution >= 4 is 21.6 Å². The molecular weight excluding hydrogens is 318 g/mol. The van der Waals surface area contributed by atoms with Crippen molar-refractivity contribution in [3.63, 3.8) is 0 Å². The Balaban J connectivity index is 2.63. The third-order valence-electron chi connectivity index (χ3n) is 4.80. The number of amides is 1. The average Bonchev–Trinajstić information content (AvgIpc) is 2.44. The van der Waals surface area contributed by atoms with Crippen molar-refractivity contribution < 1.29 is 18.9 Å². The lowest BCUT2D eigenvalue weighted by atomic mass is 9.66. The average molecular weight is 347 g/mol. The summed E-state index contributed by atoms with van der Waals surface area (Å²) in [4.78, 5) is 25.1. The molecule has 1 rings (SSSR count). The van der Waals surface area contributed by atoms with E-state index in [4.69, 9.17) is 15.6 Å². The number of nitrogens with one attached hydrogen (secondary N) is 1. The van der Waals surface area contributed by atoms with Crippen LogP contribution in [0.25, 0.3) is 0 Å². The largest absolute Gasteiger partial charge is 0.480 e. The summed E-state index contributed by atoms with van der Waals surface area (Å²) in [5.74, 6) is -0.943. The van der Waals surface area contributed by atoms with E-state index in [0.29, 0.717) is 19.5 Å². The number of carbonyl (C=O) groups is 2. The van der Waals surface area contributed by atoms with Crippen LogP contribution in [0.1, 0.15) is 46.0 Å². The van der Waals surface area contributed by atoms with Crippen LogP contribution >= 0.6 is 0 Å². The number of nitrogens with two attached hydrogens (primary N) is 1. The van der Waals surface area contributed by atoms with Crippen LogP contribution in [0.15, 0.2) is 0 Å². The zero-order valence-electron chi connectivity index (χ0n) is 14.0. The molecule has 4 N–H and O–H groups in total. The maximum atomic E-state index is 12.7. The summed E-state index contributed by atoms with van der Waals surface area (Å²) in [5.41, 5.74) is 4.93. The van der Waals surface area contributed by atoms with E-state index in [9.17, 15) is 13.8 Å². The van der Waals surface area contributed by atoms with Crippen LogP contribution in [0.4, 0.5) is 0 Å². The fourth-order valence-corrected chi connectivity index (χ4v) is 4.48. The second kappa shape index (κ2) is 8.10. The highest BCUT2D eigenvalue weighted by Crippen LogP contribution is 2.45. The molecule has 1 amide bonds. The maximum absolute atomic E-state index is 12.7. The first kappa shape index (κ1) is 19.9. The highest BCUT2D eigenvalue weighted by molar-refractivity contribution is 7.92. The molecule has 23 heavy (non-hydrogen) atoms. The zero-order chi connectivity index (χ0) is 17.7. The molecule has 1 aliphatic carbocycles. The van der Waals surface area contributed by atoms with E-state index in [1.807, 2.05) is 13.8 Å². The Morgan fingerprint density at radius 3 is 2.26 bits per heavy atom. The topological polar surface area (TPSA) is 125 Å². The number of rotatable bonds is 10. The van der Waals surface area contributed by atoms with Gasteiger partial charge in [0.25, 0.3) is 0 Å². The van der Waals surface area contributed by atoms with Crippen LogP contribution in [0.3, 0.4) is 0 Å². The second-order valence-corrected chi connectivity index (χ2v) is 8.75. The molecule has 0 radical (unpaired) electrons. The van der Waals surface area contributed by atoms with Crippen molar-refractivity contribution in [2.45, 2.75) is 52.0 Å². The normalized spacial score (nSPS) is 20.1. The maximum Gasteiger partial charge on any atom is 0.320 e. The lowest BCUT2D eigenvalue weighted by molar-refractivity contribution is -0.147. The van der Waals surface area contributed by atoms with E-state index in [-0.39, 0.29) is 23.8 Å². The number of nitrogens with zero attached hydrogens (tertiary/aromatic N) is 1. The molecule has 8 heteroatoms. The summed E-state index contributed by atoms with van der Waals surface area (Å²) < 4.78 is 20.3. The number of carbonyl (C=O) groups excluding carboxylic acids is 1. The van der Waals surface area contributed by atoms with Crippen molar-refractivity contribution in [3.8, 4) is 0 Å². The van der Waals surface area contributed by atoms with E-state index < -0.39 is 27.2 Å². The van der Waals surface area contributed by atoms with Crippen LogP contribution in [0, 0.1) is 10.2 Å². The SMILES string of the molecule is CCN(CC)C(=O)C1(CCS(=N)(=O)CC[C@H](N)C(=O)O)CCC1. The van der Waals surface area contributed by atoms with Gasteiger partial charge in [-0.2, -0.15) is 0 Å². The first-order valence-corrected chi connectivity index (χ1v) is 10.1. The first-order valence-electron chi connectivity index (χ1n) is 8.19. The molecule has 1 unspecified atom stereocenters. The van der Waals surface area contributed by atoms with Gasteiger partial charge in [0.15, 0.2) is 0 Å². The first-order chi connectivity index (χ1) is 10.7. The van der Waals surface area contributed by atoms with Gasteiger partial charge in [0.2, 0.25) is 5.91 Å². The van der Waals surface area contributed by atoms with Gasteiger partial charge in [-0.1, -0.05) is 6.42 Å². The van der Waals surface area contributed by atoms with E-state index >= 15 is 0 Å². The predicted molar refractivity (Wildman–Crippen MR) is 89.7 cm³/mol. The second-order valence-electron chi connectivity index (χ2n) is 6.31. The number of hydrogen-bond acceptors (Lipinski definition) is 5. The quantitative estimate of drug-likeness (QED) is 0.549. The van der Waals surface area contributed by atoms with Crippen molar-refractivity contribution in [1.82, 2.24) is 4.90 Å². The molecule has 0 aromatic rings. The van der Waals surface area contributed by atoms with Crippen molar-refractivity contribution in [2.24, 2.45) is 11.1 Å². The van der Waals surface area contributed by atoms with Crippen molar-refractivity contribution in [3.05, 3.63) is 0 Å². The molecule has 0 aromatic carbocycles. The molecule has 1 aliphatic rings. The van der Waals surface area contributed by atoms with Crippen molar-refractivity contribution in [2.75, 3.05) is 24.6 Å². The fourth-order valence-electron chi connectivity index (χ4n) is 2.92. The lowest BCUT2D eigenvalue weighted by Crippen LogP contribution is -2.48. The Bertz CT molecular complexity index is 525. The molecular formula is C15H29N3O4S. The summed E-state index contributed by atoms with van der Waals surface area (Å²) in [5, 5.41) is 8.74. The molecule has 0 aromatic heterocycles. The molecule has 134 valence electrons. The minimum atomic E-state index is -2.91. The summed E-state index contributed by atoms with van der Waals surface area (Å²) in [7, 11) is -2.91. The van der Waals surface area contributed by atoms with Gasteiger partial charge in [-0.25, -0.2) is 4.21 Å². The molecule has 0 heterocycles. The smallest absolute Gasteiger partial charge is 0.320 e. The number of carboxylic acid groups (broad SMARTS) is 1. The van der Waals surface area contributed by atoms with Gasteiger partial charge < -0.3 is 15.7 Å². The van der Waals surface area contributed by atoms with Gasteiger partial charge >= 0.3 is 5.97 Å². The summed E-state index contributed by atoms with van der Waals surface area (Å²) in [6, 6.07) is -1.09. The molecule has 0 spiro atoms. The van der Waals surface area contributed by atoms with E-state index in [1.165, 1.54) is 0 Å². The van der Waals surface area contributed by atoms with Crippen LogP contribution < -0.4 is 5.73 Å². The summed E-state index contributed by atoms with van der Waals surface area (Å²) in [6.45, 7) is 5.19. The Morgan fingerprint density at radius 2 is 1.87 bits per heavy atom. The highest BCUT2D eigenvalue weighted by atomic mass is 32.2. The zero-order valence-corrected chi connectivity index (χ0v) is 14.9. The molecule has 1 saturated carbocycles. The van der Waals surface area contributed by atoms with Gasteiger partial charge in [0, 0.05) is 34.3 Å². The van der Waals surface area contributed by atoms with E-state index in [0.717, 1.165) is 19.3 Å². The van der Waals surface area contributed by atoms with Crippen molar-refractivity contribution in [1.29, 1.82) is 4.78 Å². The monoisotopic (exact) mass is 347 g/mol. The minimum absolute atomic E-state index is 0.0225. The van der Waals surface area contributed by atoms with Gasteiger partial charge in [-0.15, -0.1) is 0 Å². The molecule has 1 fully saturated rings. The van der Waals surface area contributed by atoms with Crippen LogP contribution in [0.5, 0.6) is 0 Å². The summed E-state index contributed by atoms with van der Waals surface area (Å²) >= 11 is 0.